The van der Waals surface area contributed by atoms with Crippen molar-refractivity contribution in [2.24, 2.45) is 5.92 Å². The summed E-state index contributed by atoms with van der Waals surface area (Å²) >= 11 is 1.75. The second-order valence-electron chi connectivity index (χ2n) is 4.02. The third-order valence-electron chi connectivity index (χ3n) is 1.21. The third kappa shape index (κ3) is 5.15. The molecule has 0 radical (unpaired) electrons. The van der Waals surface area contributed by atoms with E-state index in [0.29, 0.717) is 5.92 Å². The van der Waals surface area contributed by atoms with Gasteiger partial charge in [-0.2, -0.15) is 5.26 Å². The van der Waals surface area contributed by atoms with E-state index in [1.165, 1.54) is 0 Å². The first-order valence-electron chi connectivity index (χ1n) is 3.94. The highest BCUT2D eigenvalue weighted by molar-refractivity contribution is 8.01. The van der Waals surface area contributed by atoms with Crippen LogP contribution < -0.4 is 0 Å². The van der Waals surface area contributed by atoms with Gasteiger partial charge in [0.05, 0.1) is 11.3 Å². The van der Waals surface area contributed by atoms with Crippen LogP contribution in [0.1, 0.15) is 34.6 Å². The van der Waals surface area contributed by atoms with Crippen LogP contribution in [0.2, 0.25) is 0 Å². The molecular formula is C9H17NS. The fraction of sp³-hybridized carbons (Fsp3) is 0.889. The van der Waals surface area contributed by atoms with Crippen LogP contribution >= 0.6 is 11.8 Å². The van der Waals surface area contributed by atoms with Crippen molar-refractivity contribution in [2.45, 2.75) is 44.6 Å². The molecule has 0 rings (SSSR count). The SMILES string of the molecule is CC(C)C(C#N)SC(C)(C)C. The Morgan fingerprint density at radius 1 is 1.27 bits per heavy atom. The molecule has 0 saturated heterocycles. The van der Waals surface area contributed by atoms with Crippen molar-refractivity contribution >= 4 is 11.8 Å². The monoisotopic (exact) mass is 171 g/mol. The molecule has 0 heterocycles. The van der Waals surface area contributed by atoms with Crippen LogP contribution in [0.15, 0.2) is 0 Å². The Bertz CT molecular complexity index is 150. The van der Waals surface area contributed by atoms with Gasteiger partial charge in [-0.3, -0.25) is 0 Å². The van der Waals surface area contributed by atoms with Gasteiger partial charge in [0.25, 0.3) is 0 Å². The highest BCUT2D eigenvalue weighted by Gasteiger charge is 2.21. The van der Waals surface area contributed by atoms with E-state index in [1.54, 1.807) is 11.8 Å². The van der Waals surface area contributed by atoms with E-state index in [1.807, 2.05) is 0 Å². The lowest BCUT2D eigenvalue weighted by molar-refractivity contribution is 0.673. The zero-order valence-corrected chi connectivity index (χ0v) is 8.83. The molecule has 11 heavy (non-hydrogen) atoms. The van der Waals surface area contributed by atoms with E-state index < -0.39 is 0 Å². The molecule has 0 bridgehead atoms. The topological polar surface area (TPSA) is 23.8 Å². The Hall–Kier alpha value is -0.160. The molecule has 0 aromatic carbocycles. The fourth-order valence-corrected chi connectivity index (χ4v) is 1.78. The molecule has 0 amide bonds. The Kier molecular flexibility index (Phi) is 3.96. The lowest BCUT2D eigenvalue weighted by atomic mass is 10.1. The molecule has 1 nitrogen and oxygen atoms in total. The molecular weight excluding hydrogens is 154 g/mol. The summed E-state index contributed by atoms with van der Waals surface area (Å²) in [7, 11) is 0. The fourth-order valence-electron chi connectivity index (χ4n) is 0.692. The van der Waals surface area contributed by atoms with Gasteiger partial charge in [0.1, 0.15) is 0 Å². The number of nitriles is 1. The molecule has 0 spiro atoms. The Labute approximate surface area is 74.2 Å². The zero-order chi connectivity index (χ0) is 9.07. The molecule has 0 N–H and O–H groups in total. The van der Waals surface area contributed by atoms with E-state index in [0.717, 1.165) is 0 Å². The van der Waals surface area contributed by atoms with Gasteiger partial charge in [-0.1, -0.05) is 34.6 Å². The molecule has 1 atom stereocenters. The van der Waals surface area contributed by atoms with Gasteiger partial charge in [-0.25, -0.2) is 0 Å². The number of thioether (sulfide) groups is 1. The Morgan fingerprint density at radius 3 is 1.82 bits per heavy atom. The van der Waals surface area contributed by atoms with Gasteiger partial charge < -0.3 is 0 Å². The van der Waals surface area contributed by atoms with Crippen LogP contribution in [0.3, 0.4) is 0 Å². The van der Waals surface area contributed by atoms with E-state index in [9.17, 15) is 0 Å². The zero-order valence-electron chi connectivity index (χ0n) is 8.01. The summed E-state index contributed by atoms with van der Waals surface area (Å²) < 4.78 is 0.199. The van der Waals surface area contributed by atoms with Gasteiger partial charge in [0.2, 0.25) is 0 Å². The quantitative estimate of drug-likeness (QED) is 0.637. The maximum atomic E-state index is 8.79. The van der Waals surface area contributed by atoms with Crippen molar-refractivity contribution in [1.29, 1.82) is 5.26 Å². The number of hydrogen-bond acceptors (Lipinski definition) is 2. The first kappa shape index (κ1) is 10.8. The van der Waals surface area contributed by atoms with Gasteiger partial charge in [0, 0.05) is 4.75 Å². The molecule has 0 aromatic heterocycles. The van der Waals surface area contributed by atoms with Gasteiger partial charge >= 0.3 is 0 Å². The number of hydrogen-bond donors (Lipinski definition) is 0. The van der Waals surface area contributed by atoms with Gasteiger partial charge in [-0.05, 0) is 5.92 Å². The minimum absolute atomic E-state index is 0.134. The highest BCUT2D eigenvalue weighted by atomic mass is 32.2. The highest BCUT2D eigenvalue weighted by Crippen LogP contribution is 2.31. The van der Waals surface area contributed by atoms with Crippen LogP contribution in [-0.4, -0.2) is 10.00 Å². The second kappa shape index (κ2) is 4.01. The second-order valence-corrected chi connectivity index (χ2v) is 5.99. The van der Waals surface area contributed by atoms with Crippen LogP contribution in [-0.2, 0) is 0 Å². The molecule has 64 valence electrons. The molecule has 0 saturated carbocycles. The summed E-state index contributed by atoms with van der Waals surface area (Å²) in [5.74, 6) is 0.448. The van der Waals surface area contributed by atoms with Crippen molar-refractivity contribution in [3.8, 4) is 6.07 Å². The Balaban J connectivity index is 4.02. The molecule has 2 heteroatoms. The van der Waals surface area contributed by atoms with E-state index in [2.05, 4.69) is 40.7 Å². The average Bonchev–Trinajstić information content (AvgIpc) is 1.80. The van der Waals surface area contributed by atoms with Crippen molar-refractivity contribution in [3.05, 3.63) is 0 Å². The first-order chi connectivity index (χ1) is 4.87. The molecule has 0 aliphatic heterocycles. The average molecular weight is 171 g/mol. The number of rotatable bonds is 2. The molecule has 0 aliphatic rings. The maximum absolute atomic E-state index is 8.79. The summed E-state index contributed by atoms with van der Waals surface area (Å²) in [6.07, 6.45) is 0. The standard InChI is InChI=1S/C9H17NS/c1-7(2)8(6-10)11-9(3,4)5/h7-8H,1-5H3. The van der Waals surface area contributed by atoms with Gasteiger partial charge in [0.15, 0.2) is 0 Å². The van der Waals surface area contributed by atoms with Crippen LogP contribution in [0, 0.1) is 17.2 Å². The Morgan fingerprint density at radius 2 is 1.73 bits per heavy atom. The van der Waals surface area contributed by atoms with Gasteiger partial charge in [-0.15, -0.1) is 11.8 Å². The predicted octanol–water partition coefficient (Wildman–Crippen LogP) is 3.07. The van der Waals surface area contributed by atoms with E-state index in [-0.39, 0.29) is 10.00 Å². The lowest BCUT2D eigenvalue weighted by Crippen LogP contribution is -2.18. The molecule has 1 unspecified atom stereocenters. The third-order valence-corrected chi connectivity index (χ3v) is 2.82. The summed E-state index contributed by atoms with van der Waals surface area (Å²) in [5, 5.41) is 8.92. The normalized spacial score (nSPS) is 14.6. The van der Waals surface area contributed by atoms with E-state index in [4.69, 9.17) is 5.26 Å². The maximum Gasteiger partial charge on any atom is 0.0944 e. The largest absolute Gasteiger partial charge is 0.197 e. The summed E-state index contributed by atoms with van der Waals surface area (Å²) in [6.45, 7) is 10.6. The van der Waals surface area contributed by atoms with Crippen molar-refractivity contribution < 1.29 is 0 Å². The van der Waals surface area contributed by atoms with Crippen molar-refractivity contribution in [3.63, 3.8) is 0 Å². The lowest BCUT2D eigenvalue weighted by Gasteiger charge is -2.23. The smallest absolute Gasteiger partial charge is 0.0944 e. The predicted molar refractivity (Wildman–Crippen MR) is 51.6 cm³/mol. The number of nitrogens with zero attached hydrogens (tertiary/aromatic N) is 1. The summed E-state index contributed by atoms with van der Waals surface area (Å²) in [4.78, 5) is 0. The van der Waals surface area contributed by atoms with Crippen molar-refractivity contribution in [1.82, 2.24) is 0 Å². The minimum Gasteiger partial charge on any atom is -0.197 e. The van der Waals surface area contributed by atoms with Crippen LogP contribution in [0.25, 0.3) is 0 Å². The first-order valence-corrected chi connectivity index (χ1v) is 4.82. The molecule has 0 aromatic rings. The van der Waals surface area contributed by atoms with Crippen molar-refractivity contribution in [2.75, 3.05) is 0 Å². The van der Waals surface area contributed by atoms with Crippen LogP contribution in [0.4, 0.5) is 0 Å². The molecule has 0 fully saturated rings. The van der Waals surface area contributed by atoms with Crippen LogP contribution in [0.5, 0.6) is 0 Å². The molecule has 0 aliphatic carbocycles. The summed E-state index contributed by atoms with van der Waals surface area (Å²) in [6, 6.07) is 2.32. The van der Waals surface area contributed by atoms with E-state index >= 15 is 0 Å². The minimum atomic E-state index is 0.134. The summed E-state index contributed by atoms with van der Waals surface area (Å²) in [5.41, 5.74) is 0.